The molecule has 2 N–H and O–H groups in total. The predicted molar refractivity (Wildman–Crippen MR) is 59.4 cm³/mol. The van der Waals surface area contributed by atoms with Crippen LogP contribution < -0.4 is 10.6 Å². The number of amides is 1. The number of halogens is 1. The van der Waals surface area contributed by atoms with Gasteiger partial charge < -0.3 is 10.6 Å². The summed E-state index contributed by atoms with van der Waals surface area (Å²) < 4.78 is 1.00. The Morgan fingerprint density at radius 2 is 2.46 bits per heavy atom. The average molecular weight is 291 g/mol. The summed E-state index contributed by atoms with van der Waals surface area (Å²) in [6.45, 7) is 0.188. The van der Waals surface area contributed by atoms with Gasteiger partial charge in [-0.25, -0.2) is 4.98 Å². The van der Waals surface area contributed by atoms with Crippen LogP contribution in [0.4, 0.5) is 5.82 Å². The molecule has 0 bridgehead atoms. The Kier molecular flexibility index (Phi) is 3.47. The Balaban J connectivity index is 2.82. The third kappa shape index (κ3) is 2.83. The van der Waals surface area contributed by atoms with E-state index >= 15 is 0 Å². The molecule has 0 fully saturated rings. The largest absolute Gasteiger partial charge is 0.368 e. The van der Waals surface area contributed by atoms with Crippen molar-refractivity contribution in [3.63, 3.8) is 0 Å². The molecule has 70 valence electrons. The van der Waals surface area contributed by atoms with E-state index in [0.717, 1.165) is 9.39 Å². The minimum Gasteiger partial charge on any atom is -0.368 e. The van der Waals surface area contributed by atoms with E-state index in [1.54, 1.807) is 18.1 Å². The first kappa shape index (κ1) is 10.2. The van der Waals surface area contributed by atoms with E-state index in [2.05, 4.69) is 27.6 Å². The van der Waals surface area contributed by atoms with E-state index in [9.17, 15) is 4.79 Å². The van der Waals surface area contributed by atoms with Gasteiger partial charge in [-0.1, -0.05) is 0 Å². The van der Waals surface area contributed by atoms with Gasteiger partial charge in [-0.05, 0) is 34.7 Å². The number of nitrogens with zero attached hydrogens (tertiary/aromatic N) is 2. The van der Waals surface area contributed by atoms with Crippen molar-refractivity contribution in [1.82, 2.24) is 4.98 Å². The standard InChI is InChI=1S/C8H10IN3O/c1-12(5-7(10)13)8-6(9)3-2-4-11-8/h2-4H,5H2,1H3,(H2,10,13). The summed E-state index contributed by atoms with van der Waals surface area (Å²) >= 11 is 2.17. The number of hydrogen-bond acceptors (Lipinski definition) is 3. The number of likely N-dealkylation sites (N-methyl/N-ethyl adjacent to an activating group) is 1. The quantitative estimate of drug-likeness (QED) is 0.830. The molecule has 0 unspecified atom stereocenters. The molecule has 4 nitrogen and oxygen atoms in total. The number of pyridine rings is 1. The summed E-state index contributed by atoms with van der Waals surface area (Å²) in [7, 11) is 1.79. The molecule has 13 heavy (non-hydrogen) atoms. The van der Waals surface area contributed by atoms with Gasteiger partial charge in [-0.2, -0.15) is 0 Å². The van der Waals surface area contributed by atoms with Gasteiger partial charge in [0.2, 0.25) is 5.91 Å². The predicted octanol–water partition coefficient (Wildman–Crippen LogP) is 0.608. The molecular formula is C8H10IN3O. The molecule has 0 atom stereocenters. The lowest BCUT2D eigenvalue weighted by Gasteiger charge is -2.16. The molecular weight excluding hydrogens is 281 g/mol. The maximum absolute atomic E-state index is 10.6. The number of hydrogen-bond donors (Lipinski definition) is 1. The van der Waals surface area contributed by atoms with Crippen LogP contribution in [0.2, 0.25) is 0 Å². The van der Waals surface area contributed by atoms with Gasteiger partial charge in [0.1, 0.15) is 5.82 Å². The van der Waals surface area contributed by atoms with Crippen molar-refractivity contribution in [2.75, 3.05) is 18.5 Å². The molecule has 0 saturated heterocycles. The molecule has 0 radical (unpaired) electrons. The molecule has 0 spiro atoms. The first-order chi connectivity index (χ1) is 6.11. The Morgan fingerprint density at radius 1 is 1.77 bits per heavy atom. The van der Waals surface area contributed by atoms with Crippen LogP contribution in [0.1, 0.15) is 0 Å². The highest BCUT2D eigenvalue weighted by molar-refractivity contribution is 14.1. The number of anilines is 1. The average Bonchev–Trinajstić information content (AvgIpc) is 2.03. The smallest absolute Gasteiger partial charge is 0.236 e. The van der Waals surface area contributed by atoms with Gasteiger partial charge in [-0.3, -0.25) is 4.79 Å². The molecule has 0 aliphatic carbocycles. The van der Waals surface area contributed by atoms with Crippen molar-refractivity contribution in [3.05, 3.63) is 21.9 Å². The highest BCUT2D eigenvalue weighted by atomic mass is 127. The third-order valence-electron chi connectivity index (χ3n) is 1.49. The van der Waals surface area contributed by atoms with E-state index in [1.165, 1.54) is 0 Å². The van der Waals surface area contributed by atoms with Crippen LogP contribution in [0.25, 0.3) is 0 Å². The molecule has 1 heterocycles. The second-order valence-electron chi connectivity index (χ2n) is 2.63. The van der Waals surface area contributed by atoms with Crippen molar-refractivity contribution >= 4 is 34.3 Å². The Morgan fingerprint density at radius 3 is 3.00 bits per heavy atom. The fraction of sp³-hybridized carbons (Fsp3) is 0.250. The number of nitrogens with two attached hydrogens (primary N) is 1. The van der Waals surface area contributed by atoms with Crippen molar-refractivity contribution in [2.24, 2.45) is 5.73 Å². The van der Waals surface area contributed by atoms with Gasteiger partial charge in [0.15, 0.2) is 0 Å². The summed E-state index contributed by atoms with van der Waals surface area (Å²) in [6.07, 6.45) is 1.69. The van der Waals surface area contributed by atoms with Gasteiger partial charge in [0.05, 0.1) is 10.1 Å². The number of carbonyl (C=O) groups is 1. The number of rotatable bonds is 3. The Hall–Kier alpha value is -0.850. The number of primary amides is 1. The maximum atomic E-state index is 10.6. The third-order valence-corrected chi connectivity index (χ3v) is 2.34. The van der Waals surface area contributed by atoms with Crippen molar-refractivity contribution in [3.8, 4) is 0 Å². The van der Waals surface area contributed by atoms with Crippen LogP contribution in [0.15, 0.2) is 18.3 Å². The molecule has 0 aromatic carbocycles. The zero-order chi connectivity index (χ0) is 9.84. The van der Waals surface area contributed by atoms with Gasteiger partial charge >= 0.3 is 0 Å². The minimum absolute atomic E-state index is 0.188. The van der Waals surface area contributed by atoms with Crippen molar-refractivity contribution in [2.45, 2.75) is 0 Å². The van der Waals surface area contributed by atoms with Crippen LogP contribution >= 0.6 is 22.6 Å². The van der Waals surface area contributed by atoms with E-state index in [-0.39, 0.29) is 12.5 Å². The highest BCUT2D eigenvalue weighted by Gasteiger charge is 2.07. The molecule has 1 aromatic rings. The van der Waals surface area contributed by atoms with Gasteiger partial charge in [-0.15, -0.1) is 0 Å². The van der Waals surface area contributed by atoms with Crippen molar-refractivity contribution in [1.29, 1.82) is 0 Å². The molecule has 1 rings (SSSR count). The molecule has 1 aromatic heterocycles. The summed E-state index contributed by atoms with van der Waals surface area (Å²) in [5.74, 6) is 0.422. The van der Waals surface area contributed by atoms with Gasteiger partial charge in [0.25, 0.3) is 0 Å². The number of aromatic nitrogens is 1. The molecule has 0 saturated carbocycles. The molecule has 0 aliphatic rings. The monoisotopic (exact) mass is 291 g/mol. The highest BCUT2D eigenvalue weighted by Crippen LogP contribution is 2.16. The molecule has 0 aliphatic heterocycles. The second-order valence-corrected chi connectivity index (χ2v) is 3.79. The number of carbonyl (C=O) groups excluding carboxylic acids is 1. The fourth-order valence-corrected chi connectivity index (χ4v) is 1.73. The van der Waals surface area contributed by atoms with E-state index < -0.39 is 0 Å². The van der Waals surface area contributed by atoms with Crippen LogP contribution in [0.5, 0.6) is 0 Å². The lowest BCUT2D eigenvalue weighted by molar-refractivity contribution is -0.116. The summed E-state index contributed by atoms with van der Waals surface area (Å²) in [4.78, 5) is 16.5. The Labute approximate surface area is 90.3 Å². The molecule has 1 amide bonds. The van der Waals surface area contributed by atoms with E-state index in [4.69, 9.17) is 5.73 Å². The van der Waals surface area contributed by atoms with Crippen LogP contribution in [0, 0.1) is 3.57 Å². The van der Waals surface area contributed by atoms with Crippen molar-refractivity contribution < 1.29 is 4.79 Å². The zero-order valence-electron chi connectivity index (χ0n) is 7.20. The fourth-order valence-electron chi connectivity index (χ4n) is 0.967. The van der Waals surface area contributed by atoms with Crippen LogP contribution in [-0.4, -0.2) is 24.5 Å². The van der Waals surface area contributed by atoms with Gasteiger partial charge in [0, 0.05) is 13.2 Å². The lowest BCUT2D eigenvalue weighted by atomic mass is 10.4. The normalized spacial score (nSPS) is 9.69. The first-order valence-electron chi connectivity index (χ1n) is 3.71. The van der Waals surface area contributed by atoms with E-state index in [1.807, 2.05) is 12.1 Å². The van der Waals surface area contributed by atoms with Crippen LogP contribution in [0.3, 0.4) is 0 Å². The maximum Gasteiger partial charge on any atom is 0.236 e. The topological polar surface area (TPSA) is 59.2 Å². The second kappa shape index (κ2) is 4.40. The van der Waals surface area contributed by atoms with E-state index in [0.29, 0.717) is 0 Å². The zero-order valence-corrected chi connectivity index (χ0v) is 9.35. The summed E-state index contributed by atoms with van der Waals surface area (Å²) in [5.41, 5.74) is 5.07. The SMILES string of the molecule is CN(CC(N)=O)c1ncccc1I. The Bertz CT molecular complexity index is 316. The summed E-state index contributed by atoms with van der Waals surface area (Å²) in [6, 6.07) is 3.78. The summed E-state index contributed by atoms with van der Waals surface area (Å²) in [5, 5.41) is 0. The minimum atomic E-state index is -0.357. The van der Waals surface area contributed by atoms with Crippen LogP contribution in [-0.2, 0) is 4.79 Å². The molecule has 5 heteroatoms. The first-order valence-corrected chi connectivity index (χ1v) is 4.79. The lowest BCUT2D eigenvalue weighted by Crippen LogP contribution is -2.31.